The number of aromatic amines is 2. The van der Waals surface area contributed by atoms with Crippen LogP contribution in [0.5, 0.6) is 0 Å². The van der Waals surface area contributed by atoms with Crippen molar-refractivity contribution >= 4 is 24.0 Å². The second-order valence-corrected chi connectivity index (χ2v) is 20.8. The van der Waals surface area contributed by atoms with Crippen molar-refractivity contribution in [1.29, 1.82) is 0 Å². The smallest absolute Gasteiger partial charge is 0.410 e. The van der Waals surface area contributed by atoms with Gasteiger partial charge >= 0.3 is 12.2 Å². The molecule has 2 aliphatic carbocycles. The summed E-state index contributed by atoms with van der Waals surface area (Å²) in [5.41, 5.74) is 0.909. The summed E-state index contributed by atoms with van der Waals surface area (Å²) in [4.78, 5) is 72.6. The third kappa shape index (κ3) is 9.10. The van der Waals surface area contributed by atoms with Gasteiger partial charge in [-0.2, -0.15) is 0 Å². The highest BCUT2D eigenvalue weighted by Gasteiger charge is 2.62. The van der Waals surface area contributed by atoms with Crippen LogP contribution in [-0.2, 0) is 19.1 Å². The largest absolute Gasteiger partial charge is 0.432 e. The number of hydrogen-bond acceptors (Lipinski definition) is 8. The van der Waals surface area contributed by atoms with Gasteiger partial charge in [0.15, 0.2) is 11.2 Å². The second-order valence-electron chi connectivity index (χ2n) is 20.8. The predicted molar refractivity (Wildman–Crippen MR) is 240 cm³/mol. The fourth-order valence-corrected chi connectivity index (χ4v) is 7.61. The highest BCUT2D eigenvalue weighted by Crippen LogP contribution is 2.57. The first-order valence-electron chi connectivity index (χ1n) is 21.5. The van der Waals surface area contributed by atoms with Gasteiger partial charge in [0.1, 0.15) is 11.6 Å². The summed E-state index contributed by atoms with van der Waals surface area (Å²) >= 11 is 0. The Kier molecular flexibility index (Phi) is 12.0. The third-order valence-corrected chi connectivity index (χ3v) is 13.2. The number of imidazole rings is 2. The van der Waals surface area contributed by atoms with Crippen LogP contribution in [0.4, 0.5) is 9.59 Å². The van der Waals surface area contributed by atoms with E-state index in [1.165, 1.54) is 9.80 Å². The molecule has 0 radical (unpaired) electrons. The van der Waals surface area contributed by atoms with E-state index in [9.17, 15) is 19.2 Å². The number of hydrogen-bond donors (Lipinski definition) is 4. The lowest BCUT2D eigenvalue weighted by atomic mass is 9.83. The summed E-state index contributed by atoms with van der Waals surface area (Å²) in [5.74, 6) is 0.520. The lowest BCUT2D eigenvalue weighted by molar-refractivity contribution is -0.148. The van der Waals surface area contributed by atoms with Gasteiger partial charge in [-0.3, -0.25) is 9.59 Å². The van der Waals surface area contributed by atoms with Crippen molar-refractivity contribution in [2.75, 3.05) is 28.2 Å². The lowest BCUT2D eigenvalue weighted by Crippen LogP contribution is -2.56. The number of aromatic nitrogens is 4. The molecule has 14 heteroatoms. The Morgan fingerprint density at radius 2 is 0.855 bits per heavy atom. The van der Waals surface area contributed by atoms with Gasteiger partial charge in [0.2, 0.25) is 0 Å². The quantitative estimate of drug-likeness (QED) is 0.103. The zero-order chi connectivity index (χ0) is 45.8. The lowest BCUT2D eigenvalue weighted by Gasteiger charge is -2.38. The summed E-state index contributed by atoms with van der Waals surface area (Å²) in [6.07, 6.45) is 5.72. The van der Waals surface area contributed by atoms with Gasteiger partial charge in [-0.15, -0.1) is 0 Å². The molecule has 6 rings (SSSR count). The molecule has 0 aliphatic heterocycles. The molecular formula is C48H66N8O6. The third-order valence-electron chi connectivity index (χ3n) is 13.2. The van der Waals surface area contributed by atoms with Crippen LogP contribution < -0.4 is 10.6 Å². The molecule has 4 atom stereocenters. The molecule has 2 aliphatic rings. The van der Waals surface area contributed by atoms with E-state index in [4.69, 9.17) is 19.4 Å². The first-order valence-corrected chi connectivity index (χ1v) is 21.5. The number of ether oxygens (including phenoxy) is 2. The topological polar surface area (TPSA) is 175 Å². The second kappa shape index (κ2) is 16.2. The van der Waals surface area contributed by atoms with Crippen LogP contribution >= 0.6 is 0 Å². The minimum Gasteiger partial charge on any atom is -0.432 e. The maximum Gasteiger partial charge on any atom is 0.410 e. The maximum atomic E-state index is 14.0. The summed E-state index contributed by atoms with van der Waals surface area (Å²) in [6.45, 7) is 19.6. The van der Waals surface area contributed by atoms with Gasteiger partial charge in [-0.05, 0) is 61.5 Å². The number of benzene rings is 2. The number of H-pyrrole nitrogens is 2. The van der Waals surface area contributed by atoms with Gasteiger partial charge in [-0.1, -0.05) is 104 Å². The SMILES string of the molecule is CN(C)C(=O)OC(C)(C(=O)N[C@H](c1nc(-c2ccc(-c3ccc(-c4c[nH]c([C@@H](NC(=O)[C@](C)(OC(=O)N(C)C)C5(C)CC5)C(C)(C)C)n4)cc3)cc2)c[nH]1)C(C)(C)C)C1(C)CC1. The molecular weight excluding hydrogens is 785 g/mol. The zero-order valence-corrected chi connectivity index (χ0v) is 39.0. The number of carbonyl (C=O) groups excluding carboxylic acids is 4. The number of carbonyl (C=O) groups is 4. The Morgan fingerprint density at radius 3 is 1.11 bits per heavy atom. The molecule has 1 unspecified atom stereocenters. The molecule has 0 saturated heterocycles. The van der Waals surface area contributed by atoms with Crippen molar-refractivity contribution in [1.82, 2.24) is 40.4 Å². The Labute approximate surface area is 366 Å². The summed E-state index contributed by atoms with van der Waals surface area (Å²) in [5, 5.41) is 6.38. The number of nitrogens with one attached hydrogen (secondary N) is 4. The van der Waals surface area contributed by atoms with E-state index in [-0.39, 0.29) is 11.8 Å². The van der Waals surface area contributed by atoms with Gasteiger partial charge in [0.05, 0.1) is 23.5 Å². The standard InChI is InChI=1S/C48H66N8O6/c1-43(2,3)35(53-39(57)47(9,45(7)23-24-45)61-41(59)55(11)12)37-49-27-33(51-37)31-19-15-29(16-20-31)30-17-21-32(22-18-30)34-28-50-38(52-34)36(44(4,5)6)54-40(58)48(10,46(8)25-26-46)62-42(60)56(13)14/h15-22,27-28,35-36H,23-26H2,1-14H3,(H,49,51)(H,50,52)(H,53,57)(H,54,58)/t35-,36-,47+,48?/m1/s1. The molecule has 2 aromatic carbocycles. The van der Waals surface area contributed by atoms with Gasteiger partial charge < -0.3 is 39.9 Å². The van der Waals surface area contributed by atoms with E-state index < -0.39 is 57.1 Å². The van der Waals surface area contributed by atoms with Crippen molar-refractivity contribution in [3.63, 3.8) is 0 Å². The fourth-order valence-electron chi connectivity index (χ4n) is 7.61. The van der Waals surface area contributed by atoms with Gasteiger partial charge in [0.25, 0.3) is 11.8 Å². The number of nitrogens with zero attached hydrogens (tertiary/aromatic N) is 4. The van der Waals surface area contributed by atoms with E-state index >= 15 is 0 Å². The number of amides is 4. The van der Waals surface area contributed by atoms with Crippen LogP contribution in [0.15, 0.2) is 60.9 Å². The monoisotopic (exact) mass is 851 g/mol. The van der Waals surface area contributed by atoms with Crippen LogP contribution in [0.1, 0.15) is 119 Å². The first-order chi connectivity index (χ1) is 28.7. The molecule has 2 aromatic heterocycles. The molecule has 4 N–H and O–H groups in total. The Bertz CT molecular complexity index is 2130. The van der Waals surface area contributed by atoms with E-state index in [0.29, 0.717) is 11.6 Å². The van der Waals surface area contributed by atoms with Gasteiger partial charge in [-0.25, -0.2) is 19.6 Å². The molecule has 0 spiro atoms. The van der Waals surface area contributed by atoms with E-state index in [0.717, 1.165) is 59.3 Å². The van der Waals surface area contributed by atoms with E-state index in [1.54, 1.807) is 42.0 Å². The van der Waals surface area contributed by atoms with Crippen molar-refractivity contribution < 1.29 is 28.7 Å². The molecule has 2 heterocycles. The average Bonchev–Trinajstić information content (AvgIpc) is 4.00. The summed E-state index contributed by atoms with van der Waals surface area (Å²) in [6, 6.07) is 15.3. The minimum absolute atomic E-state index is 0.348. The van der Waals surface area contributed by atoms with Gasteiger partial charge in [0, 0.05) is 62.5 Å². The van der Waals surface area contributed by atoms with Crippen LogP contribution in [0, 0.1) is 21.7 Å². The van der Waals surface area contributed by atoms with Crippen molar-refractivity contribution in [3.8, 4) is 33.6 Å². The summed E-state index contributed by atoms with van der Waals surface area (Å²) in [7, 11) is 6.42. The predicted octanol–water partition coefficient (Wildman–Crippen LogP) is 9.05. The molecule has 14 nitrogen and oxygen atoms in total. The highest BCUT2D eigenvalue weighted by atomic mass is 16.6. The normalized spacial score (nSPS) is 18.2. The van der Waals surface area contributed by atoms with E-state index in [1.807, 2.05) is 92.0 Å². The molecule has 2 fully saturated rings. The molecule has 0 bridgehead atoms. The molecule has 2 saturated carbocycles. The minimum atomic E-state index is -1.35. The fraction of sp³-hybridized carbons (Fsp3) is 0.542. The molecule has 4 amide bonds. The van der Waals surface area contributed by atoms with Crippen LogP contribution in [0.25, 0.3) is 33.6 Å². The highest BCUT2D eigenvalue weighted by molar-refractivity contribution is 5.90. The molecule has 62 heavy (non-hydrogen) atoms. The van der Waals surface area contributed by atoms with Crippen LogP contribution in [0.3, 0.4) is 0 Å². The van der Waals surface area contributed by atoms with Crippen molar-refractivity contribution in [3.05, 3.63) is 72.6 Å². The van der Waals surface area contributed by atoms with Crippen molar-refractivity contribution in [2.45, 2.75) is 118 Å². The number of rotatable bonds is 13. The zero-order valence-electron chi connectivity index (χ0n) is 39.0. The Morgan fingerprint density at radius 1 is 0.565 bits per heavy atom. The Balaban J connectivity index is 1.15. The average molecular weight is 851 g/mol. The molecule has 334 valence electrons. The van der Waals surface area contributed by atoms with E-state index in [2.05, 4.69) is 44.9 Å². The summed E-state index contributed by atoms with van der Waals surface area (Å²) < 4.78 is 11.7. The maximum absolute atomic E-state index is 14.0. The van der Waals surface area contributed by atoms with Crippen LogP contribution in [0.2, 0.25) is 0 Å². The Hall–Kier alpha value is -5.66. The van der Waals surface area contributed by atoms with Crippen molar-refractivity contribution in [2.24, 2.45) is 21.7 Å². The molecule has 4 aromatic rings. The van der Waals surface area contributed by atoms with Crippen LogP contribution in [-0.4, -0.2) is 93.1 Å². The first kappa shape index (κ1) is 45.9.